The zero-order valence-corrected chi connectivity index (χ0v) is 10.3. The van der Waals surface area contributed by atoms with E-state index in [0.717, 1.165) is 0 Å². The Hall–Kier alpha value is -1.15. The fraction of sp³-hybridized carbons (Fsp3) is 0.778. The maximum Gasteiger partial charge on any atom is 0.311 e. The second kappa shape index (κ2) is 5.97. The molecule has 0 spiro atoms. The van der Waals surface area contributed by atoms with Crippen molar-refractivity contribution >= 4 is 21.7 Å². The predicted octanol–water partition coefficient (Wildman–Crippen LogP) is -2.29. The van der Waals surface area contributed by atoms with E-state index >= 15 is 0 Å². The van der Waals surface area contributed by atoms with Crippen molar-refractivity contribution in [2.75, 3.05) is 37.7 Å². The van der Waals surface area contributed by atoms with Crippen molar-refractivity contribution in [1.29, 1.82) is 0 Å². The molecule has 0 aromatic heterocycles. The average Bonchev–Trinajstić information content (AvgIpc) is 2.46. The fourth-order valence-electron chi connectivity index (χ4n) is 1.55. The molecule has 1 aliphatic rings. The van der Waals surface area contributed by atoms with Crippen LogP contribution in [0.25, 0.3) is 0 Å². The number of nitrogens with two attached hydrogens (primary N) is 1. The van der Waals surface area contributed by atoms with E-state index in [1.54, 1.807) is 0 Å². The lowest BCUT2D eigenvalue weighted by Crippen LogP contribution is -2.45. The zero-order valence-electron chi connectivity index (χ0n) is 9.52. The number of hydrogen-bond donors (Lipinski definition) is 2. The van der Waals surface area contributed by atoms with E-state index in [9.17, 15) is 18.0 Å². The molecule has 17 heavy (non-hydrogen) atoms. The van der Waals surface area contributed by atoms with Gasteiger partial charge in [0.25, 0.3) is 0 Å². The molecule has 8 heteroatoms. The summed E-state index contributed by atoms with van der Waals surface area (Å²) in [7, 11) is -3.07. The van der Waals surface area contributed by atoms with Gasteiger partial charge in [-0.2, -0.15) is 0 Å². The normalized spacial score (nSPS) is 19.5. The Morgan fingerprint density at radius 2 is 1.94 bits per heavy atom. The Balaban J connectivity index is 2.55. The molecule has 1 aliphatic heterocycles. The van der Waals surface area contributed by atoms with Crippen molar-refractivity contribution in [3.63, 3.8) is 0 Å². The lowest BCUT2D eigenvalue weighted by atomic mass is 10.3. The van der Waals surface area contributed by atoms with Crippen molar-refractivity contribution in [2.45, 2.75) is 6.42 Å². The van der Waals surface area contributed by atoms with Crippen LogP contribution in [0.3, 0.4) is 0 Å². The molecular weight excluding hydrogens is 246 g/mol. The molecule has 2 amide bonds. The Kier molecular flexibility index (Phi) is 4.88. The van der Waals surface area contributed by atoms with Crippen molar-refractivity contribution in [1.82, 2.24) is 10.2 Å². The van der Waals surface area contributed by atoms with Crippen LogP contribution < -0.4 is 11.1 Å². The van der Waals surface area contributed by atoms with Gasteiger partial charge in [-0.1, -0.05) is 0 Å². The first-order valence-corrected chi connectivity index (χ1v) is 7.26. The van der Waals surface area contributed by atoms with E-state index in [2.05, 4.69) is 5.32 Å². The Labute approximate surface area is 100 Å². The summed E-state index contributed by atoms with van der Waals surface area (Å²) in [6, 6.07) is 0. The first-order chi connectivity index (χ1) is 7.96. The minimum atomic E-state index is -3.07. The molecule has 0 aromatic rings. The minimum absolute atomic E-state index is 0.0706. The van der Waals surface area contributed by atoms with Crippen LogP contribution in [0.4, 0.5) is 0 Å². The van der Waals surface area contributed by atoms with Gasteiger partial charge in [0, 0.05) is 26.2 Å². The number of carbonyl (C=O) groups excluding carboxylic acids is 2. The van der Waals surface area contributed by atoms with E-state index in [0.29, 0.717) is 13.0 Å². The maximum atomic E-state index is 11.6. The van der Waals surface area contributed by atoms with Crippen LogP contribution in [0.5, 0.6) is 0 Å². The molecule has 0 bridgehead atoms. The molecule has 0 unspecified atom stereocenters. The van der Waals surface area contributed by atoms with E-state index in [4.69, 9.17) is 5.73 Å². The summed E-state index contributed by atoms with van der Waals surface area (Å²) in [6.07, 6.45) is 0.373. The molecule has 7 nitrogen and oxygen atoms in total. The Morgan fingerprint density at radius 1 is 1.24 bits per heavy atom. The van der Waals surface area contributed by atoms with Gasteiger partial charge in [0.05, 0.1) is 11.5 Å². The maximum absolute atomic E-state index is 11.6. The van der Waals surface area contributed by atoms with Crippen LogP contribution in [0.15, 0.2) is 0 Å². The summed E-state index contributed by atoms with van der Waals surface area (Å²) < 4.78 is 22.7. The molecule has 1 saturated heterocycles. The van der Waals surface area contributed by atoms with Crippen LogP contribution in [-0.2, 0) is 19.4 Å². The van der Waals surface area contributed by atoms with Crippen molar-refractivity contribution < 1.29 is 18.0 Å². The van der Waals surface area contributed by atoms with Crippen LogP contribution >= 0.6 is 0 Å². The zero-order chi connectivity index (χ0) is 12.9. The van der Waals surface area contributed by atoms with Crippen LogP contribution in [0.1, 0.15) is 6.42 Å². The molecule has 3 N–H and O–H groups in total. The van der Waals surface area contributed by atoms with Gasteiger partial charge >= 0.3 is 11.8 Å². The number of sulfone groups is 1. The molecule has 0 radical (unpaired) electrons. The summed E-state index contributed by atoms with van der Waals surface area (Å²) >= 11 is 0. The summed E-state index contributed by atoms with van der Waals surface area (Å²) in [5.74, 6) is -1.42. The highest BCUT2D eigenvalue weighted by Crippen LogP contribution is 2.05. The van der Waals surface area contributed by atoms with E-state index in [1.165, 1.54) is 4.90 Å². The van der Waals surface area contributed by atoms with Crippen molar-refractivity contribution in [3.8, 4) is 0 Å². The van der Waals surface area contributed by atoms with Gasteiger partial charge in [-0.05, 0) is 6.42 Å². The molecule has 1 heterocycles. The lowest BCUT2D eigenvalue weighted by molar-refractivity contribution is -0.145. The van der Waals surface area contributed by atoms with Gasteiger partial charge in [-0.15, -0.1) is 0 Å². The summed E-state index contributed by atoms with van der Waals surface area (Å²) in [5.41, 5.74) is 5.20. The number of nitrogens with zero attached hydrogens (tertiary/aromatic N) is 1. The first kappa shape index (κ1) is 13.9. The highest BCUT2D eigenvalue weighted by molar-refractivity contribution is 7.91. The summed E-state index contributed by atoms with van der Waals surface area (Å²) in [4.78, 5) is 24.3. The van der Waals surface area contributed by atoms with Crippen LogP contribution in [0.2, 0.25) is 0 Å². The third-order valence-electron chi connectivity index (χ3n) is 2.47. The topological polar surface area (TPSA) is 110 Å². The summed E-state index contributed by atoms with van der Waals surface area (Å²) in [6.45, 7) is 0.870. The third-order valence-corrected chi connectivity index (χ3v) is 4.18. The average molecular weight is 263 g/mol. The number of hydrogen-bond acceptors (Lipinski definition) is 5. The minimum Gasteiger partial charge on any atom is -0.347 e. The molecular formula is C9H17N3O4S. The smallest absolute Gasteiger partial charge is 0.311 e. The third kappa shape index (κ3) is 4.31. The molecule has 0 saturated carbocycles. The van der Waals surface area contributed by atoms with Gasteiger partial charge in [0.1, 0.15) is 0 Å². The number of rotatable bonds is 2. The highest BCUT2D eigenvalue weighted by atomic mass is 32.2. The molecule has 1 rings (SSSR count). The first-order valence-electron chi connectivity index (χ1n) is 5.44. The monoisotopic (exact) mass is 263 g/mol. The number of amides is 2. The number of carbonyl (C=O) groups is 2. The fourth-order valence-corrected chi connectivity index (χ4v) is 2.82. The SMILES string of the molecule is NCCNC(=O)C(=O)N1CCCS(=O)(=O)CC1. The van der Waals surface area contributed by atoms with Gasteiger partial charge in [-0.25, -0.2) is 8.42 Å². The van der Waals surface area contributed by atoms with Crippen LogP contribution in [-0.4, -0.2) is 62.8 Å². The van der Waals surface area contributed by atoms with E-state index in [1.807, 2.05) is 0 Å². The standard InChI is InChI=1S/C9H17N3O4S/c10-2-3-11-8(13)9(14)12-4-1-6-17(15,16)7-5-12/h1-7,10H2,(H,11,13). The quantitative estimate of drug-likeness (QED) is 0.545. The second-order valence-corrected chi connectivity index (χ2v) is 6.15. The second-order valence-electron chi connectivity index (χ2n) is 3.84. The number of nitrogens with one attached hydrogen (secondary N) is 1. The predicted molar refractivity (Wildman–Crippen MR) is 61.9 cm³/mol. The summed E-state index contributed by atoms with van der Waals surface area (Å²) in [5, 5.41) is 2.37. The largest absolute Gasteiger partial charge is 0.347 e. The lowest BCUT2D eigenvalue weighted by Gasteiger charge is -2.18. The van der Waals surface area contributed by atoms with Gasteiger partial charge < -0.3 is 16.0 Å². The Bertz CT molecular complexity index is 393. The van der Waals surface area contributed by atoms with Gasteiger partial charge in [-0.3, -0.25) is 9.59 Å². The van der Waals surface area contributed by atoms with Crippen LogP contribution in [0, 0.1) is 0 Å². The van der Waals surface area contributed by atoms with Crippen molar-refractivity contribution in [3.05, 3.63) is 0 Å². The molecule has 0 atom stereocenters. The molecule has 0 aliphatic carbocycles. The molecule has 98 valence electrons. The van der Waals surface area contributed by atoms with Gasteiger partial charge in [0.15, 0.2) is 9.84 Å². The molecule has 1 fully saturated rings. The van der Waals surface area contributed by atoms with Gasteiger partial charge in [0.2, 0.25) is 0 Å². The molecule has 0 aromatic carbocycles. The van der Waals surface area contributed by atoms with Crippen molar-refractivity contribution in [2.24, 2.45) is 5.73 Å². The van der Waals surface area contributed by atoms with E-state index < -0.39 is 21.7 Å². The van der Waals surface area contributed by atoms with E-state index in [-0.39, 0.29) is 31.1 Å². The Morgan fingerprint density at radius 3 is 2.59 bits per heavy atom. The highest BCUT2D eigenvalue weighted by Gasteiger charge is 2.26.